The molecule has 1 aliphatic heterocycles. The van der Waals surface area contributed by atoms with Crippen LogP contribution in [0.3, 0.4) is 0 Å². The maximum Gasteiger partial charge on any atom is 0.240 e. The van der Waals surface area contributed by atoms with Gasteiger partial charge in [-0.2, -0.15) is 5.21 Å². The van der Waals surface area contributed by atoms with Gasteiger partial charge in [-0.15, -0.1) is 10.2 Å². The molecule has 0 bridgehead atoms. The molecule has 1 aliphatic rings. The number of hydrogen-bond donors (Lipinski definition) is 4. The maximum atomic E-state index is 13.6. The number of sulfone groups is 1. The van der Waals surface area contributed by atoms with E-state index in [1.807, 2.05) is 6.07 Å². The number of anilines is 1. The quantitative estimate of drug-likeness (QED) is 0.293. The van der Waals surface area contributed by atoms with Gasteiger partial charge in [0.05, 0.1) is 25.9 Å². The molecule has 0 amide bonds. The first kappa shape index (κ1) is 22.8. The molecule has 4 aromatic rings. The van der Waals surface area contributed by atoms with Crippen molar-refractivity contribution in [1.82, 2.24) is 30.9 Å². The molecule has 15 heteroatoms. The van der Waals surface area contributed by atoms with E-state index in [0.717, 1.165) is 4.70 Å². The van der Waals surface area contributed by atoms with Gasteiger partial charge in [0.2, 0.25) is 15.8 Å². The van der Waals surface area contributed by atoms with Crippen molar-refractivity contribution in [2.24, 2.45) is 5.14 Å². The second kappa shape index (κ2) is 8.35. The number of H-pyrrole nitrogens is 1. The number of rotatable bonds is 5. The molecule has 0 saturated carbocycles. The number of aromatic amines is 1. The maximum absolute atomic E-state index is 13.6. The number of aromatic nitrogens is 5. The number of thiazole rings is 1. The Bertz CT molecular complexity index is 1590. The summed E-state index contributed by atoms with van der Waals surface area (Å²) in [5.41, 5.74) is 7.23. The fraction of sp³-hybridized carbons (Fsp3) is 0.263. The monoisotopic (exact) mass is 520 g/mol. The topological polar surface area (TPSA) is 200 Å². The highest BCUT2D eigenvalue weighted by Crippen LogP contribution is 2.42. The van der Waals surface area contributed by atoms with E-state index in [9.17, 15) is 16.8 Å². The van der Waals surface area contributed by atoms with E-state index in [1.54, 1.807) is 12.1 Å². The van der Waals surface area contributed by atoms with Crippen molar-refractivity contribution >= 4 is 46.5 Å². The van der Waals surface area contributed by atoms with Crippen LogP contribution in [0.4, 0.5) is 5.13 Å². The van der Waals surface area contributed by atoms with E-state index in [-0.39, 0.29) is 16.3 Å². The summed E-state index contributed by atoms with van der Waals surface area (Å²) in [5.74, 6) is -0.110. The van der Waals surface area contributed by atoms with E-state index in [0.29, 0.717) is 47.7 Å². The zero-order chi connectivity index (χ0) is 24.1. The van der Waals surface area contributed by atoms with Gasteiger partial charge in [0.25, 0.3) is 0 Å². The smallest absolute Gasteiger partial charge is 0.240 e. The van der Waals surface area contributed by atoms with Crippen molar-refractivity contribution < 1.29 is 16.8 Å². The number of fused-ring (bicyclic) bond motifs is 1. The van der Waals surface area contributed by atoms with Gasteiger partial charge in [-0.1, -0.05) is 29.5 Å². The minimum Gasteiger partial charge on any atom is -0.375 e. The molecular weight excluding hydrogens is 500 g/mol. The van der Waals surface area contributed by atoms with Gasteiger partial charge in [-0.05, 0) is 48.8 Å². The van der Waals surface area contributed by atoms with Gasteiger partial charge in [0, 0.05) is 5.56 Å². The van der Waals surface area contributed by atoms with Crippen LogP contribution < -0.4 is 16.2 Å². The molecule has 1 fully saturated rings. The number of nitrogens with zero attached hydrogens (tertiary/aromatic N) is 4. The Balaban J connectivity index is 1.87. The number of nitrogen functional groups attached to an aromatic ring is 1. The SMILES string of the molecule is Nc1nc2c(-c3ccc(S(=O)(=O)C4CCNCC4)c(S(N)(=O)=O)c3-c3nn[nH]n3)cccc2s1. The van der Waals surface area contributed by atoms with Gasteiger partial charge in [0.15, 0.2) is 15.0 Å². The summed E-state index contributed by atoms with van der Waals surface area (Å²) < 4.78 is 53.8. The van der Waals surface area contributed by atoms with Crippen LogP contribution in [0.5, 0.6) is 0 Å². The Morgan fingerprint density at radius 2 is 1.79 bits per heavy atom. The lowest BCUT2D eigenvalue weighted by Gasteiger charge is -2.24. The molecule has 3 heterocycles. The molecule has 0 radical (unpaired) electrons. The van der Waals surface area contributed by atoms with Gasteiger partial charge in [-0.3, -0.25) is 0 Å². The number of benzene rings is 2. The summed E-state index contributed by atoms with van der Waals surface area (Å²) in [6.07, 6.45) is 0.701. The van der Waals surface area contributed by atoms with Crippen LogP contribution in [-0.4, -0.2) is 60.8 Å². The molecule has 2 aromatic carbocycles. The zero-order valence-corrected chi connectivity index (χ0v) is 20.0. The Hall–Kier alpha value is -2.98. The standard InChI is InChI=1S/C19H20N8O4S3/c20-19-23-16-12(2-1-3-13(16)32-19)11-4-5-14(33(28,29)10-6-8-22-9-7-10)17(34(21,30)31)15(11)18-24-26-27-25-18/h1-5,10,22H,6-9H2,(H2,20,23)(H2,21,30,31)(H,24,25,26,27). The van der Waals surface area contributed by atoms with Crippen LogP contribution in [0, 0.1) is 0 Å². The van der Waals surface area contributed by atoms with Crippen LogP contribution in [0.1, 0.15) is 12.8 Å². The summed E-state index contributed by atoms with van der Waals surface area (Å²) in [6.45, 7) is 1.02. The number of para-hydroxylation sites is 1. The highest BCUT2D eigenvalue weighted by atomic mass is 32.2. The summed E-state index contributed by atoms with van der Waals surface area (Å²) in [5, 5.41) is 22.1. The Morgan fingerprint density at radius 1 is 1.03 bits per heavy atom. The Kier molecular flexibility index (Phi) is 5.60. The van der Waals surface area contributed by atoms with Gasteiger partial charge in [-0.25, -0.2) is 27.0 Å². The summed E-state index contributed by atoms with van der Waals surface area (Å²) in [6, 6.07) is 8.14. The Labute approximate surface area is 198 Å². The third kappa shape index (κ3) is 3.84. The molecule has 34 heavy (non-hydrogen) atoms. The zero-order valence-electron chi connectivity index (χ0n) is 17.6. The lowest BCUT2D eigenvalue weighted by atomic mass is 9.98. The number of sulfonamides is 1. The van der Waals surface area contributed by atoms with Crippen molar-refractivity contribution in [3.05, 3.63) is 30.3 Å². The third-order valence-corrected chi connectivity index (χ3v) is 10.0. The van der Waals surface area contributed by atoms with Gasteiger partial charge in [0.1, 0.15) is 4.90 Å². The number of piperidine rings is 1. The second-order valence-electron chi connectivity index (χ2n) is 7.79. The summed E-state index contributed by atoms with van der Waals surface area (Å²) in [7, 11) is -8.60. The molecule has 6 N–H and O–H groups in total. The van der Waals surface area contributed by atoms with E-state index in [4.69, 9.17) is 10.9 Å². The fourth-order valence-electron chi connectivity index (χ4n) is 4.25. The molecule has 2 aromatic heterocycles. The number of tetrazole rings is 1. The molecule has 0 unspecified atom stereocenters. The average molecular weight is 521 g/mol. The number of primary sulfonamides is 1. The molecule has 178 valence electrons. The number of hydrogen-bond acceptors (Lipinski definition) is 11. The Morgan fingerprint density at radius 3 is 2.47 bits per heavy atom. The first-order valence-electron chi connectivity index (χ1n) is 10.2. The minimum absolute atomic E-state index is 0.0645. The third-order valence-electron chi connectivity index (χ3n) is 5.73. The normalized spacial score (nSPS) is 15.7. The van der Waals surface area contributed by atoms with Crippen molar-refractivity contribution in [2.45, 2.75) is 27.9 Å². The predicted molar refractivity (Wildman–Crippen MR) is 127 cm³/mol. The van der Waals surface area contributed by atoms with E-state index in [1.165, 1.54) is 23.5 Å². The van der Waals surface area contributed by atoms with Crippen LogP contribution in [-0.2, 0) is 19.9 Å². The molecule has 12 nitrogen and oxygen atoms in total. The number of nitrogens with one attached hydrogen (secondary N) is 2. The molecule has 0 spiro atoms. The van der Waals surface area contributed by atoms with Gasteiger partial charge < -0.3 is 11.1 Å². The van der Waals surface area contributed by atoms with Crippen LogP contribution in [0.15, 0.2) is 40.1 Å². The van der Waals surface area contributed by atoms with Crippen LogP contribution in [0.2, 0.25) is 0 Å². The molecule has 1 saturated heterocycles. The highest BCUT2D eigenvalue weighted by Gasteiger charge is 2.37. The lowest BCUT2D eigenvalue weighted by molar-refractivity contribution is 0.495. The van der Waals surface area contributed by atoms with Crippen molar-refractivity contribution in [1.29, 1.82) is 0 Å². The molecule has 5 rings (SSSR count). The van der Waals surface area contributed by atoms with Crippen LogP contribution in [0.25, 0.3) is 32.7 Å². The first-order valence-corrected chi connectivity index (χ1v) is 14.1. The van der Waals surface area contributed by atoms with Crippen molar-refractivity contribution in [3.63, 3.8) is 0 Å². The summed E-state index contributed by atoms with van der Waals surface area (Å²) >= 11 is 1.27. The lowest BCUT2D eigenvalue weighted by Crippen LogP contribution is -2.36. The number of nitrogens with two attached hydrogens (primary N) is 2. The first-order chi connectivity index (χ1) is 16.2. The second-order valence-corrected chi connectivity index (χ2v) is 12.6. The highest BCUT2D eigenvalue weighted by molar-refractivity contribution is 7.94. The minimum atomic E-state index is -4.55. The van der Waals surface area contributed by atoms with Crippen molar-refractivity contribution in [2.75, 3.05) is 18.8 Å². The van der Waals surface area contributed by atoms with Crippen LogP contribution >= 0.6 is 11.3 Å². The van der Waals surface area contributed by atoms with E-state index < -0.39 is 30.0 Å². The summed E-state index contributed by atoms with van der Waals surface area (Å²) in [4.78, 5) is 3.43. The largest absolute Gasteiger partial charge is 0.375 e. The van der Waals surface area contributed by atoms with E-state index in [2.05, 4.69) is 30.9 Å². The predicted octanol–water partition coefficient (Wildman–Crippen LogP) is 0.899. The van der Waals surface area contributed by atoms with Crippen molar-refractivity contribution in [3.8, 4) is 22.5 Å². The molecular formula is C19H20N8O4S3. The van der Waals surface area contributed by atoms with Gasteiger partial charge >= 0.3 is 0 Å². The van der Waals surface area contributed by atoms with E-state index >= 15 is 0 Å². The fourth-order valence-corrected chi connectivity index (χ4v) is 8.38. The molecule has 0 atom stereocenters. The average Bonchev–Trinajstić information content (AvgIpc) is 3.47. The molecule has 0 aliphatic carbocycles.